The molecule has 0 spiro atoms. The molecule has 8 heteroatoms. The van der Waals surface area contributed by atoms with E-state index in [1.807, 2.05) is 0 Å². The number of fused-ring (bicyclic) bond motifs is 3. The second-order valence-electron chi connectivity index (χ2n) is 5.68. The van der Waals surface area contributed by atoms with E-state index in [1.54, 1.807) is 25.5 Å². The van der Waals surface area contributed by atoms with Crippen LogP contribution in [0.3, 0.4) is 0 Å². The molecule has 0 bridgehead atoms. The zero-order valence-electron chi connectivity index (χ0n) is 13.7. The topological polar surface area (TPSA) is 76.7 Å². The minimum Gasteiger partial charge on any atom is -0.493 e. The Balaban J connectivity index is 1.85. The molecule has 26 heavy (non-hydrogen) atoms. The first-order valence-electron chi connectivity index (χ1n) is 7.82. The standard InChI is InChI=1S/C18H13Cl2N3O3/c1-25-14-3-2-9(15-10-6-21-5-4-13(10)26-17(14)15)18(24)23-16-11(19)7-22-8-12(16)20/h2-3,6-8H,4-5H2,1H3,(H,22,23,24). The van der Waals surface area contributed by atoms with Crippen molar-refractivity contribution >= 4 is 52.0 Å². The van der Waals surface area contributed by atoms with Gasteiger partial charge in [0, 0.05) is 42.5 Å². The quantitative estimate of drug-likeness (QED) is 0.721. The number of benzene rings is 1. The zero-order chi connectivity index (χ0) is 18.3. The molecule has 0 saturated carbocycles. The van der Waals surface area contributed by atoms with Gasteiger partial charge in [-0.2, -0.15) is 0 Å². The normalized spacial score (nSPS) is 12.9. The molecule has 0 saturated heterocycles. The van der Waals surface area contributed by atoms with Crippen molar-refractivity contribution in [2.24, 2.45) is 4.99 Å². The number of hydrogen-bond donors (Lipinski definition) is 1. The van der Waals surface area contributed by atoms with E-state index in [1.165, 1.54) is 12.4 Å². The van der Waals surface area contributed by atoms with Crippen molar-refractivity contribution in [3.63, 3.8) is 0 Å². The van der Waals surface area contributed by atoms with Crippen LogP contribution in [0.25, 0.3) is 11.0 Å². The van der Waals surface area contributed by atoms with Gasteiger partial charge in [-0.15, -0.1) is 0 Å². The average Bonchev–Trinajstić information content (AvgIpc) is 3.03. The number of rotatable bonds is 3. The van der Waals surface area contributed by atoms with Crippen LogP contribution in [-0.4, -0.2) is 30.8 Å². The largest absolute Gasteiger partial charge is 0.493 e. The Labute approximate surface area is 158 Å². The third kappa shape index (κ3) is 2.71. The molecule has 0 radical (unpaired) electrons. The van der Waals surface area contributed by atoms with Crippen molar-refractivity contribution in [2.45, 2.75) is 6.42 Å². The van der Waals surface area contributed by atoms with Crippen LogP contribution in [0.5, 0.6) is 5.75 Å². The molecule has 0 fully saturated rings. The summed E-state index contributed by atoms with van der Waals surface area (Å²) in [7, 11) is 1.56. The molecule has 1 aliphatic rings. The molecule has 0 atom stereocenters. The van der Waals surface area contributed by atoms with E-state index in [4.69, 9.17) is 32.4 Å². The lowest BCUT2D eigenvalue weighted by molar-refractivity contribution is 0.102. The number of ether oxygens (including phenoxy) is 1. The van der Waals surface area contributed by atoms with Crippen molar-refractivity contribution in [1.29, 1.82) is 0 Å². The van der Waals surface area contributed by atoms with Crippen molar-refractivity contribution in [2.75, 3.05) is 19.0 Å². The van der Waals surface area contributed by atoms with Crippen LogP contribution in [0.4, 0.5) is 5.69 Å². The number of halogens is 2. The predicted molar refractivity (Wildman–Crippen MR) is 101 cm³/mol. The van der Waals surface area contributed by atoms with Gasteiger partial charge in [0.2, 0.25) is 0 Å². The van der Waals surface area contributed by atoms with Gasteiger partial charge in [-0.05, 0) is 12.1 Å². The Bertz CT molecular complexity index is 1040. The smallest absolute Gasteiger partial charge is 0.256 e. The summed E-state index contributed by atoms with van der Waals surface area (Å²) in [4.78, 5) is 21.1. The minimum absolute atomic E-state index is 0.256. The monoisotopic (exact) mass is 389 g/mol. The molecule has 132 valence electrons. The number of nitrogens with one attached hydrogen (secondary N) is 1. The summed E-state index contributed by atoms with van der Waals surface area (Å²) >= 11 is 12.2. The van der Waals surface area contributed by atoms with E-state index in [9.17, 15) is 4.79 Å². The lowest BCUT2D eigenvalue weighted by Gasteiger charge is -2.11. The van der Waals surface area contributed by atoms with Crippen LogP contribution in [0.15, 0.2) is 33.9 Å². The molecule has 1 aromatic carbocycles. The maximum Gasteiger partial charge on any atom is 0.256 e. The first kappa shape index (κ1) is 16.9. The molecule has 2 aromatic heterocycles. The van der Waals surface area contributed by atoms with Gasteiger partial charge in [-0.3, -0.25) is 14.8 Å². The molecule has 1 amide bonds. The van der Waals surface area contributed by atoms with Gasteiger partial charge in [0.1, 0.15) is 5.76 Å². The maximum absolute atomic E-state index is 12.9. The summed E-state index contributed by atoms with van der Waals surface area (Å²) in [6.07, 6.45) is 5.23. The van der Waals surface area contributed by atoms with E-state index in [2.05, 4.69) is 15.3 Å². The Hall–Kier alpha value is -2.57. The third-order valence-electron chi connectivity index (χ3n) is 4.16. The predicted octanol–water partition coefficient (Wildman–Crippen LogP) is 4.37. The number of hydrogen-bond acceptors (Lipinski definition) is 5. The number of amides is 1. The van der Waals surface area contributed by atoms with Gasteiger partial charge in [0.05, 0.1) is 28.4 Å². The molecule has 0 aliphatic carbocycles. The van der Waals surface area contributed by atoms with E-state index in [-0.39, 0.29) is 16.0 Å². The van der Waals surface area contributed by atoms with Crippen molar-refractivity contribution < 1.29 is 13.9 Å². The summed E-state index contributed by atoms with van der Waals surface area (Å²) in [5.74, 6) is 0.975. The molecule has 4 rings (SSSR count). The van der Waals surface area contributed by atoms with Crippen molar-refractivity contribution in [3.8, 4) is 5.75 Å². The van der Waals surface area contributed by atoms with Crippen molar-refractivity contribution in [3.05, 3.63) is 51.5 Å². The van der Waals surface area contributed by atoms with Crippen LogP contribution in [0, 0.1) is 0 Å². The molecule has 1 aliphatic heterocycles. The summed E-state index contributed by atoms with van der Waals surface area (Å²) in [6.45, 7) is 0.652. The van der Waals surface area contributed by atoms with Gasteiger partial charge in [0.25, 0.3) is 5.91 Å². The third-order valence-corrected chi connectivity index (χ3v) is 4.73. The highest BCUT2D eigenvalue weighted by Gasteiger charge is 2.24. The highest BCUT2D eigenvalue weighted by atomic mass is 35.5. The molecule has 1 N–H and O–H groups in total. The van der Waals surface area contributed by atoms with Crippen LogP contribution in [0.2, 0.25) is 10.0 Å². The lowest BCUT2D eigenvalue weighted by atomic mass is 10.0. The average molecular weight is 390 g/mol. The maximum atomic E-state index is 12.9. The minimum atomic E-state index is -0.366. The molecule has 3 aromatic rings. The van der Waals surface area contributed by atoms with Gasteiger partial charge < -0.3 is 14.5 Å². The molecule has 3 heterocycles. The fourth-order valence-corrected chi connectivity index (χ4v) is 3.41. The Morgan fingerprint density at radius 1 is 1.27 bits per heavy atom. The Morgan fingerprint density at radius 3 is 2.77 bits per heavy atom. The number of aliphatic imine (C=N–C) groups is 1. The fourth-order valence-electron chi connectivity index (χ4n) is 2.96. The molecular weight excluding hydrogens is 377 g/mol. The van der Waals surface area contributed by atoms with Crippen LogP contribution >= 0.6 is 23.2 Å². The first-order valence-corrected chi connectivity index (χ1v) is 8.58. The zero-order valence-corrected chi connectivity index (χ0v) is 15.2. The number of anilines is 1. The fraction of sp³-hybridized carbons (Fsp3) is 0.167. The van der Waals surface area contributed by atoms with Crippen LogP contribution in [-0.2, 0) is 6.42 Å². The second-order valence-corrected chi connectivity index (χ2v) is 6.49. The number of furan rings is 1. The van der Waals surface area contributed by atoms with E-state index in [0.29, 0.717) is 40.9 Å². The number of methoxy groups -OCH3 is 1. The van der Waals surface area contributed by atoms with Gasteiger partial charge in [-0.1, -0.05) is 23.2 Å². The second kappa shape index (κ2) is 6.63. The van der Waals surface area contributed by atoms with Crippen LogP contribution in [0.1, 0.15) is 21.7 Å². The number of aromatic nitrogens is 1. The first-order chi connectivity index (χ1) is 12.6. The lowest BCUT2D eigenvalue weighted by Crippen LogP contribution is -2.14. The Kier molecular flexibility index (Phi) is 4.30. The van der Waals surface area contributed by atoms with E-state index < -0.39 is 0 Å². The number of nitrogens with zero attached hydrogens (tertiary/aromatic N) is 2. The molecule has 0 unspecified atom stereocenters. The molecular formula is C18H13Cl2N3O3. The summed E-state index contributed by atoms with van der Waals surface area (Å²) < 4.78 is 11.3. The highest BCUT2D eigenvalue weighted by molar-refractivity contribution is 6.40. The Morgan fingerprint density at radius 2 is 2.04 bits per heavy atom. The van der Waals surface area contributed by atoms with Gasteiger partial charge in [0.15, 0.2) is 11.3 Å². The van der Waals surface area contributed by atoms with Gasteiger partial charge in [-0.25, -0.2) is 0 Å². The SMILES string of the molecule is COc1ccc(C(=O)Nc2c(Cl)cncc2Cl)c2c3c(oc12)CCN=C3. The number of pyridine rings is 1. The number of carbonyl (C=O) groups is 1. The van der Waals surface area contributed by atoms with Gasteiger partial charge >= 0.3 is 0 Å². The van der Waals surface area contributed by atoms with E-state index >= 15 is 0 Å². The van der Waals surface area contributed by atoms with Crippen molar-refractivity contribution in [1.82, 2.24) is 4.98 Å². The highest BCUT2D eigenvalue weighted by Crippen LogP contribution is 2.37. The summed E-state index contributed by atoms with van der Waals surface area (Å²) in [6, 6.07) is 3.37. The molecule has 6 nitrogen and oxygen atoms in total. The number of carbonyl (C=O) groups excluding carboxylic acids is 1. The summed E-state index contributed by atoms with van der Waals surface area (Å²) in [5, 5.41) is 3.92. The van der Waals surface area contributed by atoms with Crippen LogP contribution < -0.4 is 10.1 Å². The summed E-state index contributed by atoms with van der Waals surface area (Å²) in [5.41, 5.74) is 2.04. The van der Waals surface area contributed by atoms with E-state index in [0.717, 1.165) is 11.3 Å².